The van der Waals surface area contributed by atoms with E-state index in [4.69, 9.17) is 19.5 Å². The molecular weight excluding hydrogens is 540 g/mol. The number of allylic oxidation sites excluding steroid dienone is 2. The molecule has 2 aromatic rings. The number of rotatable bonds is 12. The summed E-state index contributed by atoms with van der Waals surface area (Å²) in [5.41, 5.74) is 5.14. The number of aliphatic imine (C=N–C) groups is 1. The molecule has 0 saturated carbocycles. The van der Waals surface area contributed by atoms with Gasteiger partial charge in [0.1, 0.15) is 29.6 Å². The molecule has 8 nitrogen and oxygen atoms in total. The number of esters is 1. The lowest BCUT2D eigenvalue weighted by Crippen LogP contribution is -2.37. The van der Waals surface area contributed by atoms with Gasteiger partial charge in [0, 0.05) is 50.1 Å². The maximum atomic E-state index is 14.7. The molecule has 2 N–H and O–H groups in total. The van der Waals surface area contributed by atoms with Crippen LogP contribution in [-0.4, -0.2) is 73.7 Å². The molecule has 0 unspecified atom stereocenters. The van der Waals surface area contributed by atoms with Gasteiger partial charge in [-0.25, -0.2) is 18.6 Å². The van der Waals surface area contributed by atoms with Gasteiger partial charge in [-0.1, -0.05) is 6.07 Å². The number of carbonyl (C=O) groups excluding carboxylic acids is 1. The summed E-state index contributed by atoms with van der Waals surface area (Å²) in [5, 5.41) is 6.58. The number of anilines is 2. The van der Waals surface area contributed by atoms with E-state index >= 15 is 0 Å². The Morgan fingerprint density at radius 2 is 2.05 bits per heavy atom. The third kappa shape index (κ3) is 7.72. The summed E-state index contributed by atoms with van der Waals surface area (Å²) in [6.45, 7) is 4.18. The molecule has 1 aromatic carbocycles. The first kappa shape index (κ1) is 30.1. The Bertz CT molecular complexity index is 1330. The molecule has 3 aliphatic heterocycles. The van der Waals surface area contributed by atoms with Gasteiger partial charge in [0.25, 0.3) is 0 Å². The van der Waals surface area contributed by atoms with E-state index in [1.165, 1.54) is 24.8 Å². The van der Waals surface area contributed by atoms with Crippen molar-refractivity contribution in [3.63, 3.8) is 0 Å². The summed E-state index contributed by atoms with van der Waals surface area (Å²) in [4.78, 5) is 24.9. The van der Waals surface area contributed by atoms with Gasteiger partial charge >= 0.3 is 5.97 Å². The predicted octanol–water partition coefficient (Wildman–Crippen LogP) is 5.43. The maximum absolute atomic E-state index is 14.7. The lowest BCUT2D eigenvalue weighted by atomic mass is 9.98. The summed E-state index contributed by atoms with van der Waals surface area (Å²) in [6.07, 6.45) is 5.19. The van der Waals surface area contributed by atoms with Gasteiger partial charge in [0.05, 0.1) is 18.0 Å². The highest BCUT2D eigenvalue weighted by Crippen LogP contribution is 2.30. The molecule has 5 rings (SSSR count). The number of alkyl halides is 1. The number of unbranched alkanes of at least 4 members (excludes halogenated alkanes) is 1. The van der Waals surface area contributed by atoms with E-state index in [-0.39, 0.29) is 19.0 Å². The second-order valence-electron chi connectivity index (χ2n) is 11.3. The van der Waals surface area contributed by atoms with Crippen LogP contribution in [-0.2, 0) is 27.1 Å². The first-order valence-electron chi connectivity index (χ1n) is 15.0. The molecule has 3 aliphatic rings. The number of pyridine rings is 1. The summed E-state index contributed by atoms with van der Waals surface area (Å²) >= 11 is 0. The van der Waals surface area contributed by atoms with Crippen LogP contribution in [0.2, 0.25) is 0 Å². The van der Waals surface area contributed by atoms with E-state index in [1.807, 2.05) is 11.8 Å². The van der Waals surface area contributed by atoms with Crippen molar-refractivity contribution in [2.75, 3.05) is 50.5 Å². The fourth-order valence-corrected chi connectivity index (χ4v) is 5.83. The number of fused-ring (bicyclic) bond motifs is 6. The molecule has 0 saturated heterocycles. The summed E-state index contributed by atoms with van der Waals surface area (Å²) in [6, 6.07) is 8.09. The Kier molecular flexibility index (Phi) is 10.2. The summed E-state index contributed by atoms with van der Waals surface area (Å²) in [7, 11) is 1.49. The SMILES string of the molecule is COC[C@@H](F)CN(CCCCc1ccc2c(n1)NCCC2)CC[C@@H]1N=C2CC/C(=C(\C)Nc3cc(F)ccc32)OC1=O. The highest BCUT2D eigenvalue weighted by molar-refractivity contribution is 6.07. The fraction of sp³-hybridized carbons (Fsp3) is 0.531. The molecular formula is C32H41F2N5O3. The van der Waals surface area contributed by atoms with Crippen LogP contribution >= 0.6 is 0 Å². The lowest BCUT2D eigenvalue weighted by molar-refractivity contribution is -0.141. The van der Waals surface area contributed by atoms with Crippen molar-refractivity contribution in [3.8, 4) is 0 Å². The number of aryl methyl sites for hydroxylation is 2. The minimum absolute atomic E-state index is 0.0179. The van der Waals surface area contributed by atoms with Gasteiger partial charge in [-0.2, -0.15) is 0 Å². The van der Waals surface area contributed by atoms with Gasteiger partial charge in [-0.15, -0.1) is 0 Å². The topological polar surface area (TPSA) is 88.1 Å². The monoisotopic (exact) mass is 581 g/mol. The highest BCUT2D eigenvalue weighted by atomic mass is 19.1. The second kappa shape index (κ2) is 14.2. The Labute approximate surface area is 246 Å². The van der Waals surface area contributed by atoms with E-state index in [0.29, 0.717) is 49.5 Å². The number of nitrogens with one attached hydrogen (secondary N) is 2. The van der Waals surface area contributed by atoms with Crippen molar-refractivity contribution in [3.05, 3.63) is 64.4 Å². The first-order chi connectivity index (χ1) is 20.4. The van der Waals surface area contributed by atoms with Crippen LogP contribution in [0.1, 0.15) is 62.3 Å². The number of hydrogen-bond acceptors (Lipinski definition) is 8. The number of nitrogens with zero attached hydrogens (tertiary/aromatic N) is 3. The quantitative estimate of drug-likeness (QED) is 0.255. The van der Waals surface area contributed by atoms with Crippen LogP contribution in [0.15, 0.2) is 46.8 Å². The molecule has 226 valence electrons. The number of ether oxygens (including phenoxy) is 2. The Balaban J connectivity index is 1.25. The number of aromatic nitrogens is 1. The molecule has 2 atom stereocenters. The molecule has 1 aromatic heterocycles. The average Bonchev–Trinajstić information content (AvgIpc) is 2.96. The van der Waals surface area contributed by atoms with Crippen LogP contribution in [0, 0.1) is 5.82 Å². The van der Waals surface area contributed by atoms with Crippen LogP contribution < -0.4 is 10.6 Å². The Hall–Kier alpha value is -3.37. The van der Waals surface area contributed by atoms with Gasteiger partial charge in [0.15, 0.2) is 0 Å². The molecule has 0 amide bonds. The standard InChI is InChI=1S/C32H41F2N5O3/c1-21-30-13-12-27(26-11-9-23(33)18-29(26)36-21)38-28(32(40)42-30)14-17-39(19-24(34)20-41-2)16-4-3-7-25-10-8-22-6-5-15-35-31(22)37-25/h8-11,18,24,28,36H,3-7,12-17,19-20H2,1-2H3,(H,35,37)/b30-21-,38-27?/t24-,28-/m0/s1. The normalized spacial score (nSPS) is 20.6. The molecule has 42 heavy (non-hydrogen) atoms. The molecule has 4 heterocycles. The van der Waals surface area contributed by atoms with Crippen LogP contribution in [0.25, 0.3) is 0 Å². The smallest absolute Gasteiger partial charge is 0.336 e. The summed E-state index contributed by atoms with van der Waals surface area (Å²) < 4.78 is 39.5. The third-order valence-corrected chi connectivity index (χ3v) is 8.06. The molecule has 0 aliphatic carbocycles. The van der Waals surface area contributed by atoms with Gasteiger partial charge < -0.3 is 25.0 Å². The number of carbonyl (C=O) groups is 1. The van der Waals surface area contributed by atoms with Crippen molar-refractivity contribution < 1.29 is 23.0 Å². The molecule has 0 radical (unpaired) electrons. The predicted molar refractivity (Wildman–Crippen MR) is 160 cm³/mol. The molecule has 0 spiro atoms. The van der Waals surface area contributed by atoms with Crippen LogP contribution in [0.5, 0.6) is 0 Å². The van der Waals surface area contributed by atoms with E-state index < -0.39 is 18.2 Å². The lowest BCUT2D eigenvalue weighted by Gasteiger charge is -2.28. The van der Waals surface area contributed by atoms with E-state index in [1.54, 1.807) is 6.07 Å². The van der Waals surface area contributed by atoms with Crippen molar-refractivity contribution in [1.29, 1.82) is 0 Å². The van der Waals surface area contributed by atoms with Crippen molar-refractivity contribution in [1.82, 2.24) is 9.88 Å². The van der Waals surface area contributed by atoms with Gasteiger partial charge in [-0.3, -0.25) is 4.99 Å². The number of hydrogen-bond donors (Lipinski definition) is 2. The zero-order chi connectivity index (χ0) is 29.5. The van der Waals surface area contributed by atoms with E-state index in [0.717, 1.165) is 61.4 Å². The van der Waals surface area contributed by atoms with Crippen molar-refractivity contribution in [2.24, 2.45) is 4.99 Å². The highest BCUT2D eigenvalue weighted by Gasteiger charge is 2.29. The zero-order valence-corrected chi connectivity index (χ0v) is 24.6. The molecule has 2 bridgehead atoms. The van der Waals surface area contributed by atoms with Crippen LogP contribution in [0.4, 0.5) is 20.3 Å². The third-order valence-electron chi connectivity index (χ3n) is 8.06. The number of methoxy groups -OCH3 is 1. The molecule has 10 heteroatoms. The largest absolute Gasteiger partial charge is 0.428 e. The van der Waals surface area contributed by atoms with E-state index in [2.05, 4.69) is 22.8 Å². The minimum Gasteiger partial charge on any atom is -0.428 e. The number of halogens is 2. The van der Waals surface area contributed by atoms with Crippen molar-refractivity contribution in [2.45, 2.75) is 70.5 Å². The Morgan fingerprint density at radius 3 is 2.90 bits per heavy atom. The van der Waals surface area contributed by atoms with Gasteiger partial charge in [0.2, 0.25) is 0 Å². The maximum Gasteiger partial charge on any atom is 0.336 e. The second-order valence-corrected chi connectivity index (χ2v) is 11.3. The summed E-state index contributed by atoms with van der Waals surface area (Å²) in [5.74, 6) is 0.768. The first-order valence-corrected chi connectivity index (χ1v) is 15.0. The number of benzene rings is 1. The van der Waals surface area contributed by atoms with Gasteiger partial charge in [-0.05, 0) is 88.2 Å². The van der Waals surface area contributed by atoms with Crippen molar-refractivity contribution >= 4 is 23.2 Å². The Morgan fingerprint density at radius 1 is 1.17 bits per heavy atom. The average molecular weight is 582 g/mol. The van der Waals surface area contributed by atoms with Crippen LogP contribution in [0.3, 0.4) is 0 Å². The van der Waals surface area contributed by atoms with E-state index in [9.17, 15) is 13.6 Å². The molecule has 0 fully saturated rings. The minimum atomic E-state index is -1.14. The zero-order valence-electron chi connectivity index (χ0n) is 24.6. The fourth-order valence-electron chi connectivity index (χ4n) is 5.83.